The third kappa shape index (κ3) is 2.19. The molecular weight excluding hydrogens is 220 g/mol. The SMILES string of the molecule is CSc1nc(C)nc(SC)c1C(=O)O. The Kier molecular flexibility index (Phi) is 3.77. The Balaban J connectivity index is 3.40. The molecule has 1 aromatic rings. The van der Waals surface area contributed by atoms with Crippen LogP contribution in [0.25, 0.3) is 0 Å². The first-order chi connectivity index (χ1) is 6.60. The summed E-state index contributed by atoms with van der Waals surface area (Å²) >= 11 is 2.64. The van der Waals surface area contributed by atoms with Gasteiger partial charge in [-0.25, -0.2) is 14.8 Å². The van der Waals surface area contributed by atoms with Crippen LogP contribution in [0, 0.1) is 6.92 Å². The molecule has 0 atom stereocenters. The maximum Gasteiger partial charge on any atom is 0.341 e. The van der Waals surface area contributed by atoms with Crippen LogP contribution in [-0.4, -0.2) is 33.6 Å². The molecule has 1 rings (SSSR count). The molecule has 0 spiro atoms. The molecule has 0 fully saturated rings. The van der Waals surface area contributed by atoms with Crippen molar-refractivity contribution in [3.05, 3.63) is 11.4 Å². The highest BCUT2D eigenvalue weighted by atomic mass is 32.2. The molecule has 1 heterocycles. The fourth-order valence-corrected chi connectivity index (χ4v) is 2.29. The van der Waals surface area contributed by atoms with Crippen LogP contribution in [0.15, 0.2) is 10.1 Å². The molecule has 14 heavy (non-hydrogen) atoms. The van der Waals surface area contributed by atoms with E-state index in [4.69, 9.17) is 5.11 Å². The van der Waals surface area contributed by atoms with Gasteiger partial charge in [0.2, 0.25) is 0 Å². The Morgan fingerprint density at radius 3 is 1.93 bits per heavy atom. The second-order valence-electron chi connectivity index (χ2n) is 2.47. The molecule has 0 saturated heterocycles. The minimum atomic E-state index is -0.973. The lowest BCUT2D eigenvalue weighted by molar-refractivity contribution is 0.0687. The van der Waals surface area contributed by atoms with Crippen LogP contribution in [-0.2, 0) is 0 Å². The number of carboxylic acids is 1. The molecular formula is C8H10N2O2S2. The number of thioether (sulfide) groups is 2. The highest BCUT2D eigenvalue weighted by molar-refractivity contribution is 7.99. The van der Waals surface area contributed by atoms with Gasteiger partial charge in [0.15, 0.2) is 0 Å². The molecule has 0 aromatic carbocycles. The lowest BCUT2D eigenvalue weighted by atomic mass is 10.3. The number of aromatic nitrogens is 2. The molecule has 1 N–H and O–H groups in total. The normalized spacial score (nSPS) is 10.2. The van der Waals surface area contributed by atoms with E-state index in [1.807, 2.05) is 0 Å². The number of hydrogen-bond donors (Lipinski definition) is 1. The zero-order valence-corrected chi connectivity index (χ0v) is 9.70. The second-order valence-corrected chi connectivity index (χ2v) is 4.06. The summed E-state index contributed by atoms with van der Waals surface area (Å²) < 4.78 is 0. The third-order valence-corrected chi connectivity index (χ3v) is 2.92. The zero-order chi connectivity index (χ0) is 10.7. The van der Waals surface area contributed by atoms with E-state index >= 15 is 0 Å². The average Bonchev–Trinajstić information content (AvgIpc) is 2.15. The Hall–Kier alpha value is -0.750. The molecule has 0 saturated carbocycles. The molecule has 0 amide bonds. The number of aryl methyl sites for hydroxylation is 1. The molecule has 1 aromatic heterocycles. The number of carboxylic acid groups (broad SMARTS) is 1. The minimum absolute atomic E-state index is 0.204. The summed E-state index contributed by atoms with van der Waals surface area (Å²) in [5, 5.41) is 10.0. The van der Waals surface area contributed by atoms with Crippen LogP contribution in [0.3, 0.4) is 0 Å². The molecule has 0 aliphatic carbocycles. The minimum Gasteiger partial charge on any atom is -0.477 e. The fraction of sp³-hybridized carbons (Fsp3) is 0.375. The molecule has 6 heteroatoms. The van der Waals surface area contributed by atoms with Crippen molar-refractivity contribution < 1.29 is 9.90 Å². The number of carbonyl (C=O) groups is 1. The van der Waals surface area contributed by atoms with E-state index in [-0.39, 0.29) is 5.56 Å². The largest absolute Gasteiger partial charge is 0.477 e. The van der Waals surface area contributed by atoms with Crippen LogP contribution in [0.5, 0.6) is 0 Å². The van der Waals surface area contributed by atoms with E-state index in [2.05, 4.69) is 9.97 Å². The number of aromatic carboxylic acids is 1. The fourth-order valence-electron chi connectivity index (χ4n) is 1.00. The Morgan fingerprint density at radius 1 is 1.21 bits per heavy atom. The topological polar surface area (TPSA) is 63.1 Å². The number of nitrogens with zero attached hydrogens (tertiary/aromatic N) is 2. The lowest BCUT2D eigenvalue weighted by Gasteiger charge is -2.07. The monoisotopic (exact) mass is 230 g/mol. The maximum atomic E-state index is 11.0. The standard InChI is InChI=1S/C8H10N2O2S2/c1-4-9-6(13-2)5(8(11)12)7(10-4)14-3/h1-3H3,(H,11,12). The van der Waals surface area contributed by atoms with Crippen molar-refractivity contribution in [1.29, 1.82) is 0 Å². The van der Waals surface area contributed by atoms with Gasteiger partial charge in [0.1, 0.15) is 21.4 Å². The van der Waals surface area contributed by atoms with Gasteiger partial charge in [0.05, 0.1) is 0 Å². The van der Waals surface area contributed by atoms with E-state index < -0.39 is 5.97 Å². The van der Waals surface area contributed by atoms with Crippen molar-refractivity contribution in [1.82, 2.24) is 9.97 Å². The summed E-state index contributed by atoms with van der Waals surface area (Å²) in [6.45, 7) is 1.76. The van der Waals surface area contributed by atoms with E-state index in [1.165, 1.54) is 23.5 Å². The molecule has 0 aliphatic rings. The summed E-state index contributed by atoms with van der Waals surface area (Å²) in [5.74, 6) is -0.373. The van der Waals surface area contributed by atoms with Crippen LogP contribution < -0.4 is 0 Å². The van der Waals surface area contributed by atoms with Gasteiger partial charge in [0, 0.05) is 0 Å². The maximum absolute atomic E-state index is 11.0. The molecule has 0 unspecified atom stereocenters. The Morgan fingerprint density at radius 2 is 1.64 bits per heavy atom. The summed E-state index contributed by atoms with van der Waals surface area (Å²) in [4.78, 5) is 19.1. The van der Waals surface area contributed by atoms with E-state index in [0.717, 1.165) is 0 Å². The Bertz CT molecular complexity index is 343. The Labute approximate surface area is 90.5 Å². The summed E-state index contributed by atoms with van der Waals surface area (Å²) in [6, 6.07) is 0. The first kappa shape index (κ1) is 11.3. The molecule has 0 radical (unpaired) electrons. The van der Waals surface area contributed by atoms with Gasteiger partial charge in [-0.1, -0.05) is 0 Å². The highest BCUT2D eigenvalue weighted by Crippen LogP contribution is 2.26. The van der Waals surface area contributed by atoms with E-state index in [1.54, 1.807) is 19.4 Å². The van der Waals surface area contributed by atoms with Gasteiger partial charge in [-0.05, 0) is 19.4 Å². The molecule has 0 aliphatic heterocycles. The van der Waals surface area contributed by atoms with Gasteiger partial charge in [-0.3, -0.25) is 0 Å². The third-order valence-electron chi connectivity index (χ3n) is 1.55. The van der Waals surface area contributed by atoms with Crippen molar-refractivity contribution in [3.63, 3.8) is 0 Å². The van der Waals surface area contributed by atoms with Crippen molar-refractivity contribution >= 4 is 29.5 Å². The summed E-state index contributed by atoms with van der Waals surface area (Å²) in [5.41, 5.74) is 0.204. The average molecular weight is 230 g/mol. The summed E-state index contributed by atoms with van der Waals surface area (Å²) in [6.07, 6.45) is 3.61. The first-order valence-electron chi connectivity index (χ1n) is 3.80. The molecule has 4 nitrogen and oxygen atoms in total. The van der Waals surface area contributed by atoms with Crippen molar-refractivity contribution in [2.75, 3.05) is 12.5 Å². The first-order valence-corrected chi connectivity index (χ1v) is 6.25. The van der Waals surface area contributed by atoms with E-state index in [9.17, 15) is 4.79 Å². The summed E-state index contributed by atoms with van der Waals surface area (Å²) in [7, 11) is 0. The number of rotatable bonds is 3. The van der Waals surface area contributed by atoms with Crippen molar-refractivity contribution in [3.8, 4) is 0 Å². The van der Waals surface area contributed by atoms with Crippen molar-refractivity contribution in [2.45, 2.75) is 17.0 Å². The van der Waals surface area contributed by atoms with Gasteiger partial charge in [-0.2, -0.15) is 0 Å². The van der Waals surface area contributed by atoms with Gasteiger partial charge >= 0.3 is 5.97 Å². The van der Waals surface area contributed by atoms with Gasteiger partial charge in [-0.15, -0.1) is 23.5 Å². The van der Waals surface area contributed by atoms with Gasteiger partial charge in [0.25, 0.3) is 0 Å². The quantitative estimate of drug-likeness (QED) is 0.632. The number of hydrogen-bond acceptors (Lipinski definition) is 5. The molecule has 76 valence electrons. The van der Waals surface area contributed by atoms with Crippen molar-refractivity contribution in [2.24, 2.45) is 0 Å². The molecule has 0 bridgehead atoms. The second kappa shape index (κ2) is 4.65. The van der Waals surface area contributed by atoms with Crippen LogP contribution in [0.1, 0.15) is 16.2 Å². The van der Waals surface area contributed by atoms with E-state index in [0.29, 0.717) is 15.9 Å². The van der Waals surface area contributed by atoms with Gasteiger partial charge < -0.3 is 5.11 Å². The van der Waals surface area contributed by atoms with Crippen LogP contribution >= 0.6 is 23.5 Å². The van der Waals surface area contributed by atoms with Crippen LogP contribution in [0.2, 0.25) is 0 Å². The lowest BCUT2D eigenvalue weighted by Crippen LogP contribution is -2.06. The predicted octanol–water partition coefficient (Wildman–Crippen LogP) is 1.93. The smallest absolute Gasteiger partial charge is 0.341 e. The van der Waals surface area contributed by atoms with Crippen LogP contribution in [0.4, 0.5) is 0 Å². The predicted molar refractivity (Wildman–Crippen MR) is 57.3 cm³/mol. The highest BCUT2D eigenvalue weighted by Gasteiger charge is 2.18. The zero-order valence-electron chi connectivity index (χ0n) is 8.07.